The first-order chi connectivity index (χ1) is 18.3. The first-order valence-electron chi connectivity index (χ1n) is 11.4. The number of carbonyl (C=O) groups is 1. The largest absolute Gasteiger partial charge is 0.489 e. The van der Waals surface area contributed by atoms with E-state index in [4.69, 9.17) is 16.3 Å². The fourth-order valence-electron chi connectivity index (χ4n) is 3.71. The molecule has 0 fully saturated rings. The fraction of sp³-hybridized carbons (Fsp3) is 0.222. The quantitative estimate of drug-likeness (QED) is 0.191. The monoisotopic (exact) mass is 585 g/mol. The number of carbonyl (C=O) groups excluding carboxylic acids is 1. The van der Waals surface area contributed by atoms with E-state index in [2.05, 4.69) is 4.74 Å². The number of anilines is 1. The van der Waals surface area contributed by atoms with Crippen molar-refractivity contribution in [1.29, 1.82) is 0 Å². The molecule has 39 heavy (non-hydrogen) atoms. The number of rotatable bonds is 4. The summed E-state index contributed by atoms with van der Waals surface area (Å²) in [7, 11) is -2.97. The van der Waals surface area contributed by atoms with Gasteiger partial charge in [0.05, 0.1) is 34.8 Å². The van der Waals surface area contributed by atoms with Crippen molar-refractivity contribution < 1.29 is 40.2 Å². The number of halogens is 5. The van der Waals surface area contributed by atoms with E-state index in [0.29, 0.717) is 17.2 Å². The predicted molar refractivity (Wildman–Crippen MR) is 141 cm³/mol. The van der Waals surface area contributed by atoms with Gasteiger partial charge in [-0.2, -0.15) is 13.2 Å². The zero-order chi connectivity index (χ0) is 29.0. The highest BCUT2D eigenvalue weighted by Gasteiger charge is 2.34. The second-order valence-corrected chi connectivity index (χ2v) is 10.6. The van der Waals surface area contributed by atoms with Gasteiger partial charge in [-0.05, 0) is 60.5 Å². The van der Waals surface area contributed by atoms with Crippen molar-refractivity contribution in [1.82, 2.24) is 0 Å². The lowest BCUT2D eigenvalue weighted by molar-refractivity contribution is -0.138. The number of ether oxygens (including phenoxy) is 2. The Morgan fingerprint density at radius 3 is 2.36 bits per heavy atom. The number of hydrogen-bond donors (Lipinski definition) is 0. The Morgan fingerprint density at radius 2 is 1.74 bits per heavy atom. The molecule has 0 saturated heterocycles. The van der Waals surface area contributed by atoms with Crippen LogP contribution in [0.1, 0.15) is 30.5 Å². The minimum atomic E-state index is -4.68. The number of fused-ring (bicyclic) bond motifs is 1. The topological polar surface area (TPSA) is 72.9 Å². The Labute approximate surface area is 228 Å². The molecule has 0 N–H and O–H groups in total. The number of benzene rings is 3. The molecule has 0 aromatic heterocycles. The van der Waals surface area contributed by atoms with Crippen LogP contribution in [0.3, 0.4) is 0 Å². The third kappa shape index (κ3) is 7.10. The van der Waals surface area contributed by atoms with Crippen molar-refractivity contribution >= 4 is 44.9 Å². The van der Waals surface area contributed by atoms with Gasteiger partial charge in [-0.25, -0.2) is 12.8 Å². The predicted octanol–water partition coefficient (Wildman–Crippen LogP) is 6.83. The molecule has 208 valence electrons. The number of sulfonamides is 1. The van der Waals surface area contributed by atoms with Gasteiger partial charge in [0.2, 0.25) is 0 Å². The summed E-state index contributed by atoms with van der Waals surface area (Å²) in [5.41, 5.74) is 0.366. The van der Waals surface area contributed by atoms with Crippen LogP contribution in [-0.2, 0) is 25.7 Å². The number of alkyl halides is 3. The van der Waals surface area contributed by atoms with Gasteiger partial charge in [-0.15, -0.1) is 0 Å². The fourth-order valence-corrected chi connectivity index (χ4v) is 5.52. The van der Waals surface area contributed by atoms with Crippen LogP contribution in [0.25, 0.3) is 11.6 Å². The highest BCUT2D eigenvalue weighted by atomic mass is 35.5. The molecule has 0 aliphatic carbocycles. The Hall–Kier alpha value is -3.57. The first kappa shape index (κ1) is 30.0. The van der Waals surface area contributed by atoms with E-state index in [0.717, 1.165) is 22.5 Å². The van der Waals surface area contributed by atoms with Crippen molar-refractivity contribution in [2.45, 2.75) is 24.9 Å². The van der Waals surface area contributed by atoms with Crippen LogP contribution in [0, 0.1) is 5.82 Å². The van der Waals surface area contributed by atoms with Crippen molar-refractivity contribution in [3.05, 3.63) is 88.2 Å². The van der Waals surface area contributed by atoms with Crippen LogP contribution in [0.15, 0.2) is 65.6 Å². The van der Waals surface area contributed by atoms with Crippen molar-refractivity contribution in [3.8, 4) is 5.75 Å². The van der Waals surface area contributed by atoms with Crippen LogP contribution >= 0.6 is 11.6 Å². The van der Waals surface area contributed by atoms with Gasteiger partial charge in [0.25, 0.3) is 10.0 Å². The number of methoxy groups -OCH3 is 1. The molecule has 1 heterocycles. The van der Waals surface area contributed by atoms with Crippen LogP contribution in [0.2, 0.25) is 5.02 Å². The van der Waals surface area contributed by atoms with E-state index in [9.17, 15) is 30.8 Å². The van der Waals surface area contributed by atoms with E-state index in [1.807, 2.05) is 0 Å². The Morgan fingerprint density at radius 1 is 1.08 bits per heavy atom. The molecule has 6 nitrogen and oxygen atoms in total. The van der Waals surface area contributed by atoms with Crippen molar-refractivity contribution in [3.63, 3.8) is 0 Å². The Kier molecular flexibility index (Phi) is 9.29. The number of esters is 1. The molecule has 3 aromatic carbocycles. The zero-order valence-electron chi connectivity index (χ0n) is 21.1. The van der Waals surface area contributed by atoms with E-state index in [1.165, 1.54) is 32.2 Å². The molecule has 0 amide bonds. The van der Waals surface area contributed by atoms with Gasteiger partial charge >= 0.3 is 12.1 Å². The molecule has 3 aromatic rings. The summed E-state index contributed by atoms with van der Waals surface area (Å²) < 4.78 is 91.0. The summed E-state index contributed by atoms with van der Waals surface area (Å²) >= 11 is 6.13. The second kappa shape index (κ2) is 12.1. The number of allylic oxidation sites excluding steroid dienone is 1. The second-order valence-electron chi connectivity index (χ2n) is 8.30. The lowest BCUT2D eigenvalue weighted by atomic mass is 10.0. The summed E-state index contributed by atoms with van der Waals surface area (Å²) in [6.45, 7) is 2.97. The summed E-state index contributed by atoms with van der Waals surface area (Å²) in [6.07, 6.45) is -3.05. The van der Waals surface area contributed by atoms with Gasteiger partial charge in [0, 0.05) is 12.5 Å². The molecule has 4 rings (SSSR count). The van der Waals surface area contributed by atoms with Gasteiger partial charge in [-0.1, -0.05) is 35.9 Å². The molecular formula is C27H24ClF4NO5S. The average molecular weight is 586 g/mol. The third-order valence-electron chi connectivity index (χ3n) is 5.58. The molecule has 1 aliphatic heterocycles. The van der Waals surface area contributed by atoms with Gasteiger partial charge in [0.15, 0.2) is 0 Å². The first-order valence-corrected chi connectivity index (χ1v) is 13.2. The summed E-state index contributed by atoms with van der Waals surface area (Å²) in [6, 6.07) is 12.7. The molecule has 0 bridgehead atoms. The smallest absolute Gasteiger partial charge is 0.416 e. The van der Waals surface area contributed by atoms with E-state index in [-0.39, 0.29) is 41.1 Å². The minimum Gasteiger partial charge on any atom is -0.489 e. The molecule has 1 aliphatic rings. The van der Waals surface area contributed by atoms with Crippen LogP contribution in [-0.4, -0.2) is 34.6 Å². The SMILES string of the molecule is C/C(=C\c1ccc2c(c1)N(S(=O)(=O)c1cccc(C(F)(F)F)c1)CCO2)c1c(F)cccc1Cl.COC(C)=O. The lowest BCUT2D eigenvalue weighted by Gasteiger charge is -2.31. The summed E-state index contributed by atoms with van der Waals surface area (Å²) in [4.78, 5) is 9.11. The maximum atomic E-state index is 14.3. The number of hydrogen-bond acceptors (Lipinski definition) is 5. The highest BCUT2D eigenvalue weighted by molar-refractivity contribution is 7.92. The standard InChI is InChI=1S/C24H18ClF4NO3S.C3H6O2/c1-15(23-19(25)6-3-7-20(23)26)12-16-8-9-22-21(13-16)30(10-11-33-22)34(31,32)18-5-2-4-17(14-18)24(27,28)29;1-3(4)5-2/h2-9,12-14H,10-11H2,1H3;1-2H3/b15-12+;. The van der Waals surface area contributed by atoms with E-state index >= 15 is 0 Å². The van der Waals surface area contributed by atoms with E-state index < -0.39 is 32.5 Å². The molecule has 0 spiro atoms. The van der Waals surface area contributed by atoms with Crippen molar-refractivity contribution in [2.75, 3.05) is 24.6 Å². The minimum absolute atomic E-state index is 0.0320. The summed E-state index contributed by atoms with van der Waals surface area (Å²) in [5.74, 6) is -0.484. The third-order valence-corrected chi connectivity index (χ3v) is 7.70. The Balaban J connectivity index is 0.000000771. The Bertz CT molecular complexity index is 1490. The lowest BCUT2D eigenvalue weighted by Crippen LogP contribution is -2.38. The van der Waals surface area contributed by atoms with Crippen molar-refractivity contribution in [2.24, 2.45) is 0 Å². The summed E-state index contributed by atoms with van der Waals surface area (Å²) in [5, 5.41) is 0.226. The van der Waals surface area contributed by atoms with Crippen LogP contribution in [0.4, 0.5) is 23.2 Å². The molecule has 0 radical (unpaired) electrons. The highest BCUT2D eigenvalue weighted by Crippen LogP contribution is 2.38. The molecule has 12 heteroatoms. The molecule has 0 unspecified atom stereocenters. The van der Waals surface area contributed by atoms with Gasteiger partial charge < -0.3 is 9.47 Å². The van der Waals surface area contributed by atoms with Crippen LogP contribution < -0.4 is 9.04 Å². The average Bonchev–Trinajstić information content (AvgIpc) is 2.88. The maximum Gasteiger partial charge on any atom is 0.416 e. The maximum absolute atomic E-state index is 14.3. The molecular weight excluding hydrogens is 562 g/mol. The molecule has 0 saturated carbocycles. The van der Waals surface area contributed by atoms with Gasteiger partial charge in [-0.3, -0.25) is 9.10 Å². The van der Waals surface area contributed by atoms with Gasteiger partial charge in [0.1, 0.15) is 18.2 Å². The molecule has 0 atom stereocenters. The number of nitrogens with zero attached hydrogens (tertiary/aromatic N) is 1. The van der Waals surface area contributed by atoms with Crippen LogP contribution in [0.5, 0.6) is 5.75 Å². The normalized spacial score (nSPS) is 13.5. The van der Waals surface area contributed by atoms with E-state index in [1.54, 1.807) is 31.2 Å². The zero-order valence-corrected chi connectivity index (χ0v) is 22.6.